The lowest BCUT2D eigenvalue weighted by Gasteiger charge is -2.22. The Morgan fingerprint density at radius 2 is 1.74 bits per heavy atom. The summed E-state index contributed by atoms with van der Waals surface area (Å²) in [5.41, 5.74) is 8.82. The molecule has 0 amide bonds. The molecule has 27 heavy (non-hydrogen) atoms. The Morgan fingerprint density at radius 3 is 2.48 bits per heavy atom. The van der Waals surface area contributed by atoms with Gasteiger partial charge < -0.3 is 0 Å². The molecule has 1 aromatic heterocycles. The van der Waals surface area contributed by atoms with Gasteiger partial charge in [-0.2, -0.15) is 5.10 Å². The third-order valence-corrected chi connectivity index (χ3v) is 6.04. The van der Waals surface area contributed by atoms with Crippen LogP contribution in [0, 0.1) is 0 Å². The van der Waals surface area contributed by atoms with E-state index in [1.807, 2.05) is 25.1 Å². The lowest BCUT2D eigenvalue weighted by atomic mass is 9.84. The van der Waals surface area contributed by atoms with Crippen LogP contribution in [0.3, 0.4) is 0 Å². The zero-order valence-electron chi connectivity index (χ0n) is 15.7. The van der Waals surface area contributed by atoms with Gasteiger partial charge in [-0.3, -0.25) is 5.43 Å². The van der Waals surface area contributed by atoms with Crippen molar-refractivity contribution in [1.82, 2.24) is 4.98 Å². The van der Waals surface area contributed by atoms with Crippen LogP contribution in [0.5, 0.6) is 0 Å². The molecule has 0 radical (unpaired) electrons. The first-order valence-electron chi connectivity index (χ1n) is 9.71. The number of nitrogens with zero attached hydrogens (tertiary/aromatic N) is 2. The van der Waals surface area contributed by atoms with Crippen LogP contribution in [0.15, 0.2) is 65.1 Å². The summed E-state index contributed by atoms with van der Waals surface area (Å²) in [6.45, 7) is 2.04. The van der Waals surface area contributed by atoms with Gasteiger partial charge in [-0.1, -0.05) is 73.9 Å². The second kappa shape index (κ2) is 8.49. The molecule has 0 bridgehead atoms. The highest BCUT2D eigenvalue weighted by molar-refractivity contribution is 7.14. The number of hydrogen-bond donors (Lipinski definition) is 1. The number of nitrogens with one attached hydrogen (secondary N) is 1. The number of hydrogen-bond acceptors (Lipinski definition) is 4. The van der Waals surface area contributed by atoms with Crippen molar-refractivity contribution in [3.05, 3.63) is 71.1 Å². The molecule has 4 heteroatoms. The van der Waals surface area contributed by atoms with Crippen molar-refractivity contribution in [1.29, 1.82) is 0 Å². The molecule has 1 aliphatic rings. The first-order chi connectivity index (χ1) is 13.3. The largest absolute Gasteiger partial charge is 0.252 e. The maximum atomic E-state index is 4.62. The van der Waals surface area contributed by atoms with Gasteiger partial charge in [0, 0.05) is 10.9 Å². The fourth-order valence-electron chi connectivity index (χ4n) is 3.70. The van der Waals surface area contributed by atoms with E-state index in [0.29, 0.717) is 0 Å². The third-order valence-electron chi connectivity index (χ3n) is 5.30. The summed E-state index contributed by atoms with van der Waals surface area (Å²) in [5.74, 6) is 0.745. The van der Waals surface area contributed by atoms with Crippen molar-refractivity contribution < 1.29 is 0 Å². The van der Waals surface area contributed by atoms with Crippen LogP contribution in [0.4, 0.5) is 5.13 Å². The van der Waals surface area contributed by atoms with E-state index in [2.05, 4.69) is 57.3 Å². The highest BCUT2D eigenvalue weighted by Crippen LogP contribution is 2.32. The predicted molar refractivity (Wildman–Crippen MR) is 116 cm³/mol. The van der Waals surface area contributed by atoms with E-state index in [-0.39, 0.29) is 0 Å². The molecule has 138 valence electrons. The topological polar surface area (TPSA) is 37.3 Å². The van der Waals surface area contributed by atoms with Crippen molar-refractivity contribution in [2.75, 3.05) is 5.43 Å². The SMILES string of the molecule is C/C(=N\Nc1nc(-c2ccccc2)cs1)c1ccc(C2CCCCC2)cc1. The highest BCUT2D eigenvalue weighted by Gasteiger charge is 2.15. The molecule has 0 atom stereocenters. The summed E-state index contributed by atoms with van der Waals surface area (Å²) >= 11 is 1.57. The lowest BCUT2D eigenvalue weighted by molar-refractivity contribution is 0.443. The minimum atomic E-state index is 0.745. The number of hydrazone groups is 1. The molecular formula is C23H25N3S. The molecule has 0 spiro atoms. The van der Waals surface area contributed by atoms with Gasteiger partial charge in [0.15, 0.2) is 0 Å². The van der Waals surface area contributed by atoms with Crippen LogP contribution in [0.1, 0.15) is 56.1 Å². The van der Waals surface area contributed by atoms with Crippen molar-refractivity contribution in [2.45, 2.75) is 44.9 Å². The number of rotatable bonds is 5. The number of aromatic nitrogens is 1. The molecule has 0 aliphatic heterocycles. The van der Waals surface area contributed by atoms with Gasteiger partial charge in [-0.25, -0.2) is 4.98 Å². The molecular weight excluding hydrogens is 350 g/mol. The van der Waals surface area contributed by atoms with Crippen LogP contribution in [0.25, 0.3) is 11.3 Å². The maximum absolute atomic E-state index is 4.62. The van der Waals surface area contributed by atoms with Crippen LogP contribution in [-0.4, -0.2) is 10.7 Å². The average Bonchev–Trinajstić information content (AvgIpc) is 3.22. The first-order valence-corrected chi connectivity index (χ1v) is 10.6. The Morgan fingerprint density at radius 1 is 1.00 bits per heavy atom. The summed E-state index contributed by atoms with van der Waals surface area (Å²) in [6, 6.07) is 19.2. The maximum Gasteiger partial charge on any atom is 0.203 e. The van der Waals surface area contributed by atoms with Crippen LogP contribution in [0.2, 0.25) is 0 Å². The number of benzene rings is 2. The molecule has 1 saturated carbocycles. The summed E-state index contributed by atoms with van der Waals surface area (Å²) in [5, 5.41) is 7.40. The van der Waals surface area contributed by atoms with Crippen molar-refractivity contribution >= 4 is 22.2 Å². The fourth-order valence-corrected chi connectivity index (χ4v) is 4.36. The van der Waals surface area contributed by atoms with Gasteiger partial charge in [-0.05, 0) is 36.8 Å². The molecule has 3 aromatic rings. The molecule has 1 fully saturated rings. The van der Waals surface area contributed by atoms with Gasteiger partial charge in [0.05, 0.1) is 11.4 Å². The quantitative estimate of drug-likeness (QED) is 0.398. The summed E-state index contributed by atoms with van der Waals surface area (Å²) in [4.78, 5) is 4.62. The third kappa shape index (κ3) is 4.45. The zero-order valence-corrected chi connectivity index (χ0v) is 16.5. The van der Waals surface area contributed by atoms with E-state index in [1.54, 1.807) is 11.3 Å². The molecule has 1 aliphatic carbocycles. The minimum absolute atomic E-state index is 0.745. The van der Waals surface area contributed by atoms with Crippen molar-refractivity contribution in [2.24, 2.45) is 5.10 Å². The Labute approximate surface area is 165 Å². The van der Waals surface area contributed by atoms with Gasteiger partial charge >= 0.3 is 0 Å². The highest BCUT2D eigenvalue weighted by atomic mass is 32.1. The normalized spacial score (nSPS) is 15.7. The molecule has 1 N–H and O–H groups in total. The summed E-state index contributed by atoms with van der Waals surface area (Å²) in [7, 11) is 0. The minimum Gasteiger partial charge on any atom is -0.252 e. The monoisotopic (exact) mass is 375 g/mol. The fraction of sp³-hybridized carbons (Fsp3) is 0.304. The Kier molecular flexibility index (Phi) is 5.64. The predicted octanol–water partition coefficient (Wildman–Crippen LogP) is 6.69. The first kappa shape index (κ1) is 17.9. The van der Waals surface area contributed by atoms with Gasteiger partial charge in [0.25, 0.3) is 0 Å². The van der Waals surface area contributed by atoms with Crippen LogP contribution < -0.4 is 5.43 Å². The van der Waals surface area contributed by atoms with E-state index in [4.69, 9.17) is 0 Å². The van der Waals surface area contributed by atoms with E-state index in [9.17, 15) is 0 Å². The van der Waals surface area contributed by atoms with Gasteiger partial charge in [-0.15, -0.1) is 11.3 Å². The molecule has 0 saturated heterocycles. The average molecular weight is 376 g/mol. The second-order valence-corrected chi connectivity index (χ2v) is 8.03. The van der Waals surface area contributed by atoms with E-state index in [1.165, 1.54) is 37.7 Å². The molecule has 0 unspecified atom stereocenters. The Hall–Kier alpha value is -2.46. The molecule has 4 rings (SSSR count). The zero-order chi connectivity index (χ0) is 18.5. The molecule has 2 aromatic carbocycles. The van der Waals surface area contributed by atoms with E-state index in [0.717, 1.165) is 33.6 Å². The van der Waals surface area contributed by atoms with Crippen LogP contribution in [-0.2, 0) is 0 Å². The van der Waals surface area contributed by atoms with Crippen LogP contribution >= 0.6 is 11.3 Å². The van der Waals surface area contributed by atoms with Gasteiger partial charge in [0.1, 0.15) is 0 Å². The number of anilines is 1. The van der Waals surface area contributed by atoms with Crippen molar-refractivity contribution in [3.63, 3.8) is 0 Å². The van der Waals surface area contributed by atoms with E-state index >= 15 is 0 Å². The molecule has 3 nitrogen and oxygen atoms in total. The summed E-state index contributed by atoms with van der Waals surface area (Å²) in [6.07, 6.45) is 6.81. The van der Waals surface area contributed by atoms with Crippen molar-refractivity contribution in [3.8, 4) is 11.3 Å². The Bertz CT molecular complexity index is 891. The van der Waals surface area contributed by atoms with Gasteiger partial charge in [0.2, 0.25) is 5.13 Å². The smallest absolute Gasteiger partial charge is 0.203 e. The summed E-state index contributed by atoms with van der Waals surface area (Å²) < 4.78 is 0. The molecule has 1 heterocycles. The standard InChI is InChI=1S/C23H25N3S/c1-17(18-12-14-20(15-13-18)19-8-4-2-5-9-19)25-26-23-24-22(16-27-23)21-10-6-3-7-11-21/h3,6-7,10-16,19H,2,4-5,8-9H2,1H3,(H,24,26)/b25-17+. The Balaban J connectivity index is 1.41. The van der Waals surface area contributed by atoms with E-state index < -0.39 is 0 Å². The second-order valence-electron chi connectivity index (χ2n) is 7.17. The number of thiazole rings is 1. The lowest BCUT2D eigenvalue weighted by Crippen LogP contribution is -2.05.